The summed E-state index contributed by atoms with van der Waals surface area (Å²) in [7, 11) is 0. The van der Waals surface area contributed by atoms with Gasteiger partial charge in [-0.3, -0.25) is 0 Å². The average molecular weight is 414 g/mol. The molecule has 0 fully saturated rings. The van der Waals surface area contributed by atoms with Crippen molar-refractivity contribution >= 4 is 0 Å². The molecule has 1 rings (SSSR count). The average Bonchev–Trinajstić information content (AvgIpc) is 2.78. The highest BCUT2D eigenvalue weighted by atomic mass is 14.0. The SMILES string of the molecule is CCCCCCCCCCCCCCCCCCCCCCCCc1c[c]ccc1. The number of hydrogen-bond acceptors (Lipinski definition) is 0. The van der Waals surface area contributed by atoms with Gasteiger partial charge in [0.15, 0.2) is 0 Å². The summed E-state index contributed by atoms with van der Waals surface area (Å²) in [5.41, 5.74) is 1.45. The largest absolute Gasteiger partial charge is 0.0654 e. The molecule has 173 valence electrons. The van der Waals surface area contributed by atoms with Crippen LogP contribution in [0.25, 0.3) is 0 Å². The normalized spacial score (nSPS) is 11.2. The molecule has 0 nitrogen and oxygen atoms in total. The van der Waals surface area contributed by atoms with Crippen LogP contribution in [0.2, 0.25) is 0 Å². The van der Waals surface area contributed by atoms with Gasteiger partial charge in [0.05, 0.1) is 0 Å². The Balaban J connectivity index is 1.65. The Morgan fingerprint density at radius 3 is 1.20 bits per heavy atom. The molecule has 0 heterocycles. The van der Waals surface area contributed by atoms with E-state index in [-0.39, 0.29) is 0 Å². The molecule has 0 aliphatic heterocycles. The maximum Gasteiger partial charge on any atom is -0.0181 e. The minimum Gasteiger partial charge on any atom is -0.0654 e. The molecule has 0 bridgehead atoms. The van der Waals surface area contributed by atoms with Gasteiger partial charge in [-0.25, -0.2) is 0 Å². The highest BCUT2D eigenvalue weighted by Gasteiger charge is 1.96. The summed E-state index contributed by atoms with van der Waals surface area (Å²) in [6.45, 7) is 2.30. The molecule has 1 aromatic rings. The Labute approximate surface area is 190 Å². The molecule has 0 heteroatoms. The zero-order chi connectivity index (χ0) is 21.4. The van der Waals surface area contributed by atoms with Crippen LogP contribution >= 0.6 is 0 Å². The minimum absolute atomic E-state index is 1.23. The van der Waals surface area contributed by atoms with E-state index in [2.05, 4.69) is 31.2 Å². The number of hydrogen-bond donors (Lipinski definition) is 0. The van der Waals surface area contributed by atoms with Gasteiger partial charge in [-0.1, -0.05) is 166 Å². The topological polar surface area (TPSA) is 0 Å². The van der Waals surface area contributed by atoms with Crippen LogP contribution in [0.4, 0.5) is 0 Å². The fraction of sp³-hybridized carbons (Fsp3) is 0.800. The maximum atomic E-state index is 3.18. The van der Waals surface area contributed by atoms with Gasteiger partial charge >= 0.3 is 0 Å². The summed E-state index contributed by atoms with van der Waals surface area (Å²) in [6.07, 6.45) is 33.3. The van der Waals surface area contributed by atoms with Crippen molar-refractivity contribution in [3.8, 4) is 0 Å². The maximum absolute atomic E-state index is 3.18. The molecule has 0 N–H and O–H groups in total. The molecule has 0 amide bonds. The second-order valence-corrected chi connectivity index (χ2v) is 9.59. The minimum atomic E-state index is 1.23. The van der Waals surface area contributed by atoms with Gasteiger partial charge in [0, 0.05) is 0 Å². The van der Waals surface area contributed by atoms with E-state index in [1.807, 2.05) is 6.07 Å². The number of benzene rings is 1. The number of aryl methyl sites for hydroxylation is 1. The van der Waals surface area contributed by atoms with Gasteiger partial charge in [0.1, 0.15) is 0 Å². The van der Waals surface area contributed by atoms with Crippen molar-refractivity contribution in [1.82, 2.24) is 0 Å². The van der Waals surface area contributed by atoms with Crippen molar-refractivity contribution in [1.29, 1.82) is 0 Å². The number of unbranched alkanes of at least 4 members (excludes halogenated alkanes) is 21. The Bertz CT molecular complexity index is 421. The van der Waals surface area contributed by atoms with E-state index in [0.717, 1.165) is 0 Å². The smallest absolute Gasteiger partial charge is 0.0181 e. The fourth-order valence-electron chi connectivity index (χ4n) is 4.52. The fourth-order valence-corrected chi connectivity index (χ4v) is 4.52. The van der Waals surface area contributed by atoms with Crippen LogP contribution in [0.15, 0.2) is 24.3 Å². The zero-order valence-corrected chi connectivity index (χ0v) is 20.6. The Morgan fingerprint density at radius 2 is 0.867 bits per heavy atom. The van der Waals surface area contributed by atoms with E-state index < -0.39 is 0 Å². The quantitative estimate of drug-likeness (QED) is 0.156. The van der Waals surface area contributed by atoms with E-state index in [1.165, 1.54) is 153 Å². The van der Waals surface area contributed by atoms with E-state index in [0.29, 0.717) is 0 Å². The molecule has 0 unspecified atom stereocenters. The third-order valence-corrected chi connectivity index (χ3v) is 6.59. The first-order chi connectivity index (χ1) is 14.9. The van der Waals surface area contributed by atoms with Crippen LogP contribution in [-0.2, 0) is 6.42 Å². The lowest BCUT2D eigenvalue weighted by atomic mass is 10.0. The van der Waals surface area contributed by atoms with Crippen LogP contribution < -0.4 is 0 Å². The Hall–Kier alpha value is -0.780. The predicted octanol–water partition coefficient (Wildman–Crippen LogP) is 10.6. The second-order valence-electron chi connectivity index (χ2n) is 9.59. The lowest BCUT2D eigenvalue weighted by Crippen LogP contribution is -1.86. The standard InChI is InChI=1S/C30H53/c1-2-3-4-5-6-7-8-9-10-11-12-13-14-15-16-17-18-19-20-21-22-24-27-30-28-25-23-26-29-30/h23,25,28-29H,2-22,24,27H2,1H3. The van der Waals surface area contributed by atoms with Crippen LogP contribution in [0, 0.1) is 6.07 Å². The van der Waals surface area contributed by atoms with E-state index in [9.17, 15) is 0 Å². The Kier molecular flexibility index (Phi) is 20.8. The summed E-state index contributed by atoms with van der Waals surface area (Å²) >= 11 is 0. The van der Waals surface area contributed by atoms with Gasteiger partial charge in [-0.05, 0) is 24.5 Å². The highest BCUT2D eigenvalue weighted by Crippen LogP contribution is 2.15. The summed E-state index contributed by atoms with van der Waals surface area (Å²) < 4.78 is 0. The van der Waals surface area contributed by atoms with Crippen LogP contribution in [-0.4, -0.2) is 0 Å². The Morgan fingerprint density at radius 1 is 0.500 bits per heavy atom. The van der Waals surface area contributed by atoms with Crippen molar-refractivity contribution in [2.75, 3.05) is 0 Å². The molecule has 0 aromatic heterocycles. The molecule has 0 spiro atoms. The molecule has 0 saturated carbocycles. The van der Waals surface area contributed by atoms with Gasteiger partial charge in [-0.15, -0.1) is 0 Å². The molecule has 0 atom stereocenters. The summed E-state index contributed by atoms with van der Waals surface area (Å²) in [6, 6.07) is 11.6. The summed E-state index contributed by atoms with van der Waals surface area (Å²) in [5.74, 6) is 0. The molecular weight excluding hydrogens is 360 g/mol. The van der Waals surface area contributed by atoms with Crippen molar-refractivity contribution < 1.29 is 0 Å². The molecule has 0 aliphatic carbocycles. The van der Waals surface area contributed by atoms with Crippen LogP contribution in [0.5, 0.6) is 0 Å². The lowest BCUT2D eigenvalue weighted by molar-refractivity contribution is 0.519. The molecule has 30 heavy (non-hydrogen) atoms. The van der Waals surface area contributed by atoms with Gasteiger partial charge in [-0.2, -0.15) is 0 Å². The second kappa shape index (κ2) is 22.9. The highest BCUT2D eigenvalue weighted by molar-refractivity contribution is 5.13. The van der Waals surface area contributed by atoms with E-state index in [4.69, 9.17) is 0 Å². The third-order valence-electron chi connectivity index (χ3n) is 6.59. The summed E-state index contributed by atoms with van der Waals surface area (Å²) in [4.78, 5) is 0. The zero-order valence-electron chi connectivity index (χ0n) is 20.6. The monoisotopic (exact) mass is 413 g/mol. The molecule has 1 radical (unpaired) electrons. The molecule has 0 aliphatic rings. The third kappa shape index (κ3) is 19.2. The lowest BCUT2D eigenvalue weighted by Gasteiger charge is -2.04. The van der Waals surface area contributed by atoms with Crippen LogP contribution in [0.1, 0.15) is 154 Å². The van der Waals surface area contributed by atoms with Gasteiger partial charge in [0.2, 0.25) is 0 Å². The van der Waals surface area contributed by atoms with Gasteiger partial charge in [0.25, 0.3) is 0 Å². The first kappa shape index (κ1) is 27.3. The summed E-state index contributed by atoms with van der Waals surface area (Å²) in [5, 5.41) is 0. The first-order valence-electron chi connectivity index (χ1n) is 13.9. The van der Waals surface area contributed by atoms with Crippen molar-refractivity contribution in [2.45, 2.75) is 155 Å². The van der Waals surface area contributed by atoms with E-state index >= 15 is 0 Å². The molecular formula is C30H53. The van der Waals surface area contributed by atoms with Crippen molar-refractivity contribution in [3.05, 3.63) is 35.9 Å². The molecule has 0 saturated heterocycles. The van der Waals surface area contributed by atoms with Crippen molar-refractivity contribution in [2.24, 2.45) is 0 Å². The predicted molar refractivity (Wildman–Crippen MR) is 136 cm³/mol. The van der Waals surface area contributed by atoms with E-state index in [1.54, 1.807) is 0 Å². The molecule has 1 aromatic carbocycles. The van der Waals surface area contributed by atoms with Gasteiger partial charge < -0.3 is 0 Å². The van der Waals surface area contributed by atoms with Crippen LogP contribution in [0.3, 0.4) is 0 Å². The first-order valence-corrected chi connectivity index (χ1v) is 13.9. The number of rotatable bonds is 23. The van der Waals surface area contributed by atoms with Crippen molar-refractivity contribution in [3.63, 3.8) is 0 Å².